The van der Waals surface area contributed by atoms with E-state index in [1.807, 2.05) is 6.92 Å². The van der Waals surface area contributed by atoms with E-state index in [-0.39, 0.29) is 22.6 Å². The molecule has 0 aliphatic heterocycles. The number of aromatic nitrogens is 3. The number of amides is 1. The summed E-state index contributed by atoms with van der Waals surface area (Å²) in [7, 11) is 2.87. The van der Waals surface area contributed by atoms with Crippen molar-refractivity contribution in [3.63, 3.8) is 0 Å². The average molecular weight is 545 g/mol. The number of thiophene rings is 1. The number of carbonyl (C=O) groups excluding carboxylic acids is 1. The highest BCUT2D eigenvalue weighted by molar-refractivity contribution is 7.18. The molecule has 0 saturated heterocycles. The molecule has 0 spiro atoms. The summed E-state index contributed by atoms with van der Waals surface area (Å²) in [5, 5.41) is 3.96. The van der Waals surface area contributed by atoms with Crippen molar-refractivity contribution < 1.29 is 26.7 Å². The molecule has 0 saturated carbocycles. The third kappa shape index (κ3) is 4.34. The molecular formula is C22H17F5N4O3S2. The number of anilines is 1. The van der Waals surface area contributed by atoms with Crippen LogP contribution >= 0.6 is 22.7 Å². The second-order valence-electron chi connectivity index (χ2n) is 7.79. The number of hydrogen-bond donors (Lipinski definition) is 1. The number of halogens is 5. The molecule has 7 nitrogen and oxygen atoms in total. The molecule has 0 bridgehead atoms. The second-order valence-corrected chi connectivity index (χ2v) is 9.73. The van der Waals surface area contributed by atoms with E-state index in [0.29, 0.717) is 22.9 Å². The lowest BCUT2D eigenvalue weighted by molar-refractivity contribution is -0.142. The highest BCUT2D eigenvalue weighted by atomic mass is 32.1. The van der Waals surface area contributed by atoms with Gasteiger partial charge < -0.3 is 5.32 Å². The molecular weight excluding hydrogens is 527 g/mol. The average Bonchev–Trinajstić information content (AvgIpc) is 3.40. The number of rotatable bonds is 5. The van der Waals surface area contributed by atoms with Crippen molar-refractivity contribution in [3.05, 3.63) is 66.0 Å². The number of benzene rings is 1. The highest BCUT2D eigenvalue weighted by Gasteiger charge is 2.39. The van der Waals surface area contributed by atoms with Crippen molar-refractivity contribution in [2.75, 3.05) is 5.32 Å². The number of alkyl halides is 3. The number of carbonyl (C=O) groups is 1. The van der Waals surface area contributed by atoms with Crippen LogP contribution < -0.4 is 16.6 Å². The zero-order valence-electron chi connectivity index (χ0n) is 18.9. The molecule has 0 aliphatic rings. The molecule has 3 heterocycles. The standard InChI is InChI=1S/C22H17F5N4O3S2/c1-4-13-10(15-18(33)30(2)21(34)31(3)19(15)36-13)7-14(32)29-20-28-12(8-35-20)9-5-6-11(23)16(17(9)24)22(25,26)27/h5-6,8H,4,7H2,1-3H3,(H,28,29,32). The van der Waals surface area contributed by atoms with Crippen molar-refractivity contribution in [2.45, 2.75) is 25.9 Å². The third-order valence-electron chi connectivity index (χ3n) is 5.53. The maximum Gasteiger partial charge on any atom is 0.422 e. The van der Waals surface area contributed by atoms with Crippen LogP contribution in [0.2, 0.25) is 0 Å². The first-order valence-electron chi connectivity index (χ1n) is 10.4. The van der Waals surface area contributed by atoms with Gasteiger partial charge in [-0.15, -0.1) is 22.7 Å². The minimum Gasteiger partial charge on any atom is -0.302 e. The first-order valence-corrected chi connectivity index (χ1v) is 12.1. The van der Waals surface area contributed by atoms with Gasteiger partial charge in [-0.25, -0.2) is 18.6 Å². The summed E-state index contributed by atoms with van der Waals surface area (Å²) in [5.74, 6) is -4.12. The normalized spacial score (nSPS) is 11.9. The summed E-state index contributed by atoms with van der Waals surface area (Å²) in [6, 6.07) is 1.34. The van der Waals surface area contributed by atoms with Crippen molar-refractivity contribution in [2.24, 2.45) is 14.1 Å². The van der Waals surface area contributed by atoms with Gasteiger partial charge in [0.15, 0.2) is 5.13 Å². The Labute approximate surface area is 207 Å². The third-order valence-corrected chi connectivity index (χ3v) is 7.74. The number of nitrogens with zero attached hydrogens (tertiary/aromatic N) is 3. The van der Waals surface area contributed by atoms with Gasteiger partial charge in [-0.05, 0) is 24.1 Å². The Morgan fingerprint density at radius 1 is 1.14 bits per heavy atom. The molecule has 4 aromatic rings. The Bertz CT molecular complexity index is 1630. The molecule has 190 valence electrons. The molecule has 0 aliphatic carbocycles. The zero-order valence-corrected chi connectivity index (χ0v) is 20.6. The van der Waals surface area contributed by atoms with Crippen LogP contribution in [-0.4, -0.2) is 20.0 Å². The molecule has 1 amide bonds. The molecule has 0 unspecified atom stereocenters. The molecule has 0 atom stereocenters. The minimum absolute atomic E-state index is 0.0230. The lowest BCUT2D eigenvalue weighted by Gasteiger charge is -2.11. The number of aryl methyl sites for hydroxylation is 2. The fraction of sp³-hybridized carbons (Fsp3) is 0.273. The van der Waals surface area contributed by atoms with E-state index in [1.54, 1.807) is 0 Å². The van der Waals surface area contributed by atoms with E-state index in [1.165, 1.54) is 35.4 Å². The van der Waals surface area contributed by atoms with Crippen molar-refractivity contribution >= 4 is 43.9 Å². The minimum atomic E-state index is -5.24. The van der Waals surface area contributed by atoms with Crippen molar-refractivity contribution in [1.29, 1.82) is 0 Å². The summed E-state index contributed by atoms with van der Waals surface area (Å²) < 4.78 is 69.5. The molecule has 14 heteroatoms. The van der Waals surface area contributed by atoms with Gasteiger partial charge in [-0.1, -0.05) is 6.92 Å². The van der Waals surface area contributed by atoms with Gasteiger partial charge in [0.1, 0.15) is 22.0 Å². The summed E-state index contributed by atoms with van der Waals surface area (Å²) in [4.78, 5) is 43.0. The van der Waals surface area contributed by atoms with Crippen LogP contribution in [0.25, 0.3) is 21.5 Å². The summed E-state index contributed by atoms with van der Waals surface area (Å²) in [6.07, 6.45) is -4.96. The van der Waals surface area contributed by atoms with Gasteiger partial charge in [-0.3, -0.25) is 18.7 Å². The van der Waals surface area contributed by atoms with Gasteiger partial charge in [0, 0.05) is 29.9 Å². The Balaban J connectivity index is 1.64. The van der Waals surface area contributed by atoms with E-state index in [9.17, 15) is 36.3 Å². The summed E-state index contributed by atoms with van der Waals surface area (Å²) >= 11 is 2.08. The lowest BCUT2D eigenvalue weighted by Crippen LogP contribution is -2.36. The Morgan fingerprint density at radius 2 is 1.83 bits per heavy atom. The van der Waals surface area contributed by atoms with Crippen LogP contribution in [0.15, 0.2) is 27.1 Å². The molecule has 0 radical (unpaired) electrons. The maximum absolute atomic E-state index is 14.5. The fourth-order valence-electron chi connectivity index (χ4n) is 3.78. The van der Waals surface area contributed by atoms with E-state index >= 15 is 0 Å². The first-order chi connectivity index (χ1) is 16.8. The van der Waals surface area contributed by atoms with E-state index < -0.39 is 46.1 Å². The van der Waals surface area contributed by atoms with Crippen LogP contribution in [0.3, 0.4) is 0 Å². The van der Waals surface area contributed by atoms with Gasteiger partial charge in [0.2, 0.25) is 5.91 Å². The van der Waals surface area contributed by atoms with Gasteiger partial charge in [0.05, 0.1) is 17.5 Å². The lowest BCUT2D eigenvalue weighted by atomic mass is 10.1. The van der Waals surface area contributed by atoms with E-state index in [0.717, 1.165) is 26.8 Å². The number of hydrogen-bond acceptors (Lipinski definition) is 6. The van der Waals surface area contributed by atoms with Crippen LogP contribution in [-0.2, 0) is 37.9 Å². The van der Waals surface area contributed by atoms with Gasteiger partial charge in [0.25, 0.3) is 5.56 Å². The number of fused-ring (bicyclic) bond motifs is 1. The second kappa shape index (κ2) is 9.24. The topological polar surface area (TPSA) is 86.0 Å². The predicted octanol–water partition coefficient (Wildman–Crippen LogP) is 4.46. The Morgan fingerprint density at radius 3 is 2.47 bits per heavy atom. The SMILES string of the molecule is CCc1sc2c(c1CC(=O)Nc1nc(-c3ccc(F)c(C(F)(F)F)c3F)cs1)c(=O)n(C)c(=O)n2C. The molecule has 4 rings (SSSR count). The summed E-state index contributed by atoms with van der Waals surface area (Å²) in [5.41, 5.74) is -3.37. The molecule has 0 fully saturated rings. The summed E-state index contributed by atoms with van der Waals surface area (Å²) in [6.45, 7) is 1.84. The smallest absolute Gasteiger partial charge is 0.302 e. The van der Waals surface area contributed by atoms with Crippen molar-refractivity contribution in [1.82, 2.24) is 14.1 Å². The molecule has 1 aromatic carbocycles. The van der Waals surface area contributed by atoms with Gasteiger partial charge in [-0.2, -0.15) is 13.2 Å². The van der Waals surface area contributed by atoms with Crippen molar-refractivity contribution in [3.8, 4) is 11.3 Å². The van der Waals surface area contributed by atoms with Crippen LogP contribution in [0.4, 0.5) is 27.1 Å². The van der Waals surface area contributed by atoms with E-state index in [2.05, 4.69) is 10.3 Å². The van der Waals surface area contributed by atoms with E-state index in [4.69, 9.17) is 0 Å². The van der Waals surface area contributed by atoms with Gasteiger partial charge >= 0.3 is 11.9 Å². The zero-order chi connectivity index (χ0) is 26.5. The number of thiazole rings is 1. The predicted molar refractivity (Wildman–Crippen MR) is 126 cm³/mol. The Kier molecular flexibility index (Phi) is 6.60. The molecule has 1 N–H and O–H groups in total. The number of nitrogens with one attached hydrogen (secondary N) is 1. The molecule has 3 aromatic heterocycles. The first kappa shape index (κ1) is 25.7. The fourth-order valence-corrected chi connectivity index (χ4v) is 5.71. The molecule has 36 heavy (non-hydrogen) atoms. The largest absolute Gasteiger partial charge is 0.422 e. The van der Waals surface area contributed by atoms with Crippen LogP contribution in [0, 0.1) is 11.6 Å². The Hall–Kier alpha value is -3.39. The quantitative estimate of drug-likeness (QED) is 0.376. The van der Waals surface area contributed by atoms with Crippen LogP contribution in [0.5, 0.6) is 0 Å². The maximum atomic E-state index is 14.5. The highest BCUT2D eigenvalue weighted by Crippen LogP contribution is 2.38. The monoisotopic (exact) mass is 544 g/mol. The van der Waals surface area contributed by atoms with Crippen LogP contribution in [0.1, 0.15) is 22.9 Å².